The number of pyridine rings is 3. The van der Waals surface area contributed by atoms with Gasteiger partial charge in [0.05, 0.1) is 42.2 Å². The van der Waals surface area contributed by atoms with Gasteiger partial charge in [-0.05, 0) is 51.5 Å². The molecule has 12 heteroatoms. The number of ether oxygens (including phenoxy) is 3. The van der Waals surface area contributed by atoms with Crippen molar-refractivity contribution in [1.29, 1.82) is 0 Å². The van der Waals surface area contributed by atoms with Gasteiger partial charge in [-0.3, -0.25) is 9.78 Å². The number of carbonyl (C=O) groups is 1. The predicted molar refractivity (Wildman–Crippen MR) is 141 cm³/mol. The maximum absolute atomic E-state index is 15.0. The van der Waals surface area contributed by atoms with Crippen LogP contribution in [-0.4, -0.2) is 52.3 Å². The first-order valence-corrected chi connectivity index (χ1v) is 12.8. The van der Waals surface area contributed by atoms with E-state index in [4.69, 9.17) is 14.2 Å². The highest BCUT2D eigenvalue weighted by Gasteiger charge is 2.49. The van der Waals surface area contributed by atoms with Crippen LogP contribution in [0, 0.1) is 18.6 Å². The molecule has 9 nitrogen and oxygen atoms in total. The number of rotatable bonds is 7. The number of amides is 1. The monoisotopic (exact) mass is 561 g/mol. The Labute approximate surface area is 230 Å². The third kappa shape index (κ3) is 4.99. The highest BCUT2D eigenvalue weighted by molar-refractivity contribution is 5.94. The largest absolute Gasteiger partial charge is 0.481 e. The second-order valence-corrected chi connectivity index (χ2v) is 10.4. The minimum Gasteiger partial charge on any atom is -0.481 e. The van der Waals surface area contributed by atoms with E-state index in [1.807, 2.05) is 0 Å². The van der Waals surface area contributed by atoms with Gasteiger partial charge in [0.1, 0.15) is 5.82 Å². The summed E-state index contributed by atoms with van der Waals surface area (Å²) in [6.45, 7) is 2.15. The summed E-state index contributed by atoms with van der Waals surface area (Å²) in [7, 11) is 1.53. The van der Waals surface area contributed by atoms with Crippen molar-refractivity contribution in [2.45, 2.75) is 63.1 Å². The number of carbonyl (C=O) groups excluding carboxylic acids is 1. The molecule has 0 atom stereocenters. The maximum Gasteiger partial charge on any atom is 0.263 e. The molecule has 6 heterocycles. The Morgan fingerprint density at radius 2 is 1.97 bits per heavy atom. The number of hydrogen-bond acceptors (Lipinski definition) is 8. The molecule has 4 aliphatic rings. The summed E-state index contributed by atoms with van der Waals surface area (Å²) in [5, 5.41) is 6.14. The molecule has 1 amide bonds. The Morgan fingerprint density at radius 1 is 1.18 bits per heavy atom. The number of methoxy groups -OCH3 is 1. The first-order chi connectivity index (χ1) is 18.3. The molecule has 2 N–H and O–H groups in total. The van der Waals surface area contributed by atoms with E-state index in [1.165, 1.54) is 13.3 Å². The minimum atomic E-state index is -0.442. The van der Waals surface area contributed by atoms with Gasteiger partial charge in [0.25, 0.3) is 5.91 Å². The summed E-state index contributed by atoms with van der Waals surface area (Å²) in [5.74, 6) is -0.190. The third-order valence-corrected chi connectivity index (χ3v) is 8.17. The minimum absolute atomic E-state index is 0. The van der Waals surface area contributed by atoms with Gasteiger partial charge in [0.15, 0.2) is 24.0 Å². The average Bonchev–Trinajstić information content (AvgIpc) is 2.94. The lowest BCUT2D eigenvalue weighted by Crippen LogP contribution is -2.61. The highest BCUT2D eigenvalue weighted by Crippen LogP contribution is 2.46. The maximum atomic E-state index is 15.0. The molecule has 0 unspecified atom stereocenters. The second-order valence-electron chi connectivity index (χ2n) is 10.4. The zero-order valence-corrected chi connectivity index (χ0v) is 22.6. The van der Waals surface area contributed by atoms with Crippen molar-refractivity contribution in [3.8, 4) is 11.6 Å². The molecule has 208 valence electrons. The number of hydrogen-bond donors (Lipinski definition) is 2. The van der Waals surface area contributed by atoms with Crippen molar-refractivity contribution >= 4 is 35.2 Å². The van der Waals surface area contributed by atoms with E-state index in [2.05, 4.69) is 25.6 Å². The van der Waals surface area contributed by atoms with Crippen LogP contribution in [0.4, 0.5) is 14.6 Å². The number of fused-ring (bicyclic) bond motifs is 5. The lowest BCUT2D eigenvalue weighted by molar-refractivity contribution is -0.165. The quantitative estimate of drug-likeness (QED) is 0.442. The first-order valence-electron chi connectivity index (χ1n) is 12.8. The molecular weight excluding hydrogens is 532 g/mol. The zero-order valence-electron chi connectivity index (χ0n) is 21.7. The molecule has 3 fully saturated rings. The normalized spacial score (nSPS) is 23.5. The van der Waals surface area contributed by atoms with Crippen molar-refractivity contribution in [1.82, 2.24) is 20.3 Å². The Balaban J connectivity index is 0.00000308. The van der Waals surface area contributed by atoms with Crippen LogP contribution in [0.2, 0.25) is 0 Å². The standard InChI is InChI=1S/C27H29F2N5O4.ClH/c1-15-22(29)19(32-25-24(15)37-13-20(35)33-25)12-31-26-7-9-27(10-8-26,38-14-26)6-5-16-17(28)11-30-18-3-4-21(36-2)34-23(16)18;/h3-4,11,31H,5-10,12-14H2,1-2H3,(H,32,33,35);1H. The number of nitrogens with one attached hydrogen (secondary N) is 2. The van der Waals surface area contributed by atoms with E-state index in [0.29, 0.717) is 47.5 Å². The summed E-state index contributed by atoms with van der Waals surface area (Å²) >= 11 is 0. The molecule has 0 spiro atoms. The van der Waals surface area contributed by atoms with Crippen molar-refractivity contribution in [3.05, 3.63) is 46.8 Å². The molecule has 3 aromatic rings. The van der Waals surface area contributed by atoms with Gasteiger partial charge < -0.3 is 24.8 Å². The highest BCUT2D eigenvalue weighted by atomic mass is 35.5. The summed E-state index contributed by atoms with van der Waals surface area (Å²) < 4.78 is 46.8. The molecule has 39 heavy (non-hydrogen) atoms. The van der Waals surface area contributed by atoms with E-state index < -0.39 is 5.82 Å². The van der Waals surface area contributed by atoms with E-state index >= 15 is 4.39 Å². The number of anilines is 1. The number of aryl methyl sites for hydroxylation is 1. The van der Waals surface area contributed by atoms with Crippen LogP contribution in [0.25, 0.3) is 11.0 Å². The van der Waals surface area contributed by atoms with Crippen LogP contribution in [0.1, 0.15) is 48.9 Å². The van der Waals surface area contributed by atoms with Gasteiger partial charge in [0, 0.05) is 29.3 Å². The summed E-state index contributed by atoms with van der Waals surface area (Å²) in [4.78, 5) is 24.6. The molecule has 3 aromatic heterocycles. The topological polar surface area (TPSA) is 107 Å². The van der Waals surface area contributed by atoms with Crippen molar-refractivity contribution < 1.29 is 27.8 Å². The molecule has 2 saturated heterocycles. The summed E-state index contributed by atoms with van der Waals surface area (Å²) in [6.07, 6.45) is 5.71. The van der Waals surface area contributed by atoms with Crippen molar-refractivity contribution in [2.24, 2.45) is 0 Å². The van der Waals surface area contributed by atoms with E-state index in [-0.39, 0.29) is 65.7 Å². The zero-order chi connectivity index (χ0) is 26.5. The Kier molecular flexibility index (Phi) is 7.34. The van der Waals surface area contributed by atoms with Crippen molar-refractivity contribution in [3.63, 3.8) is 0 Å². The molecule has 3 aliphatic heterocycles. The summed E-state index contributed by atoms with van der Waals surface area (Å²) in [5.41, 5.74) is 1.59. The fraction of sp³-hybridized carbons (Fsp3) is 0.481. The molecule has 0 radical (unpaired) electrons. The van der Waals surface area contributed by atoms with Gasteiger partial charge in [-0.2, -0.15) is 0 Å². The van der Waals surface area contributed by atoms with Crippen LogP contribution in [0.5, 0.6) is 11.6 Å². The van der Waals surface area contributed by atoms with Crippen LogP contribution in [0.15, 0.2) is 18.3 Å². The van der Waals surface area contributed by atoms with Gasteiger partial charge in [-0.1, -0.05) is 0 Å². The SMILES string of the molecule is COc1ccc2ncc(F)c(CCC34CCC(NCc5nc6c(c(C)c5F)OCC(=O)N6)(CC3)CO4)c2n1.Cl. The fourth-order valence-corrected chi connectivity index (χ4v) is 5.78. The predicted octanol–water partition coefficient (Wildman–Crippen LogP) is 4.18. The van der Waals surface area contributed by atoms with Crippen LogP contribution in [-0.2, 0) is 22.5 Å². The third-order valence-electron chi connectivity index (χ3n) is 8.17. The van der Waals surface area contributed by atoms with Gasteiger partial charge >= 0.3 is 0 Å². The molecule has 2 bridgehead atoms. The number of halogens is 3. The molecule has 1 aliphatic carbocycles. The first kappa shape index (κ1) is 27.4. The number of nitrogens with zero attached hydrogens (tertiary/aromatic N) is 3. The lowest BCUT2D eigenvalue weighted by atomic mass is 9.69. The summed E-state index contributed by atoms with van der Waals surface area (Å²) in [6, 6.07) is 3.49. The van der Waals surface area contributed by atoms with E-state index in [9.17, 15) is 9.18 Å². The number of aromatic nitrogens is 3. The second kappa shape index (κ2) is 10.4. The van der Waals surface area contributed by atoms with E-state index in [0.717, 1.165) is 25.7 Å². The Bertz CT molecular complexity index is 1410. The van der Waals surface area contributed by atoms with Gasteiger partial charge in [-0.25, -0.2) is 18.7 Å². The average molecular weight is 562 g/mol. The lowest BCUT2D eigenvalue weighted by Gasteiger charge is -2.53. The molecule has 1 saturated carbocycles. The van der Waals surface area contributed by atoms with Crippen LogP contribution in [0.3, 0.4) is 0 Å². The van der Waals surface area contributed by atoms with Crippen molar-refractivity contribution in [2.75, 3.05) is 25.6 Å². The Morgan fingerprint density at radius 3 is 2.69 bits per heavy atom. The fourth-order valence-electron chi connectivity index (χ4n) is 5.78. The molecule has 7 rings (SSSR count). The molecular formula is C27H30ClF2N5O4. The van der Waals surface area contributed by atoms with E-state index in [1.54, 1.807) is 19.1 Å². The van der Waals surface area contributed by atoms with Gasteiger partial charge in [-0.15, -0.1) is 12.4 Å². The van der Waals surface area contributed by atoms with Gasteiger partial charge in [0.2, 0.25) is 5.88 Å². The molecule has 0 aromatic carbocycles. The Hall–Kier alpha value is -3.15. The van der Waals surface area contributed by atoms with Crippen LogP contribution >= 0.6 is 12.4 Å². The smallest absolute Gasteiger partial charge is 0.263 e. The van der Waals surface area contributed by atoms with Crippen LogP contribution < -0.4 is 20.1 Å².